The maximum absolute atomic E-state index is 12.1. The van der Waals surface area contributed by atoms with Crippen LogP contribution in [0.25, 0.3) is 6.08 Å². The third kappa shape index (κ3) is 4.51. The number of benzene rings is 2. The molecule has 0 bridgehead atoms. The number of carbonyl (C=O) groups excluding carboxylic acids is 1. The van der Waals surface area contributed by atoms with E-state index in [-0.39, 0.29) is 17.9 Å². The number of aromatic hydroxyl groups is 1. The van der Waals surface area contributed by atoms with Crippen molar-refractivity contribution in [3.05, 3.63) is 64.2 Å². The van der Waals surface area contributed by atoms with Gasteiger partial charge in [0, 0.05) is 17.1 Å². The molecular weight excluding hydrogens is 328 g/mol. The first kappa shape index (κ1) is 17.4. The van der Waals surface area contributed by atoms with Crippen molar-refractivity contribution in [2.24, 2.45) is 0 Å². The van der Waals surface area contributed by atoms with Gasteiger partial charge in [0.05, 0.1) is 7.11 Å². The van der Waals surface area contributed by atoms with E-state index in [0.717, 1.165) is 11.3 Å². The Labute approximate surface area is 144 Å². The molecule has 1 amide bonds. The number of hydrogen-bond donors (Lipinski definition) is 2. The molecule has 2 rings (SSSR count). The van der Waals surface area contributed by atoms with Crippen molar-refractivity contribution >= 4 is 23.6 Å². The molecule has 0 aromatic heterocycles. The number of phenolic OH excluding ortho intramolecular Hbond substituents is 1. The summed E-state index contributed by atoms with van der Waals surface area (Å²) >= 11 is 5.85. The SMILES string of the molecule is COc1ccc(CNC(=O)/C(C#N)=C\c2cc(Cl)ccc2O)cc1. The molecule has 2 N–H and O–H groups in total. The molecule has 0 aliphatic heterocycles. The molecule has 0 unspecified atom stereocenters. The van der Waals surface area contributed by atoms with Gasteiger partial charge in [-0.15, -0.1) is 0 Å². The van der Waals surface area contributed by atoms with Crippen LogP contribution >= 0.6 is 11.6 Å². The van der Waals surface area contributed by atoms with E-state index in [1.807, 2.05) is 18.2 Å². The van der Waals surface area contributed by atoms with Crippen LogP contribution in [0.2, 0.25) is 5.02 Å². The highest BCUT2D eigenvalue weighted by Gasteiger charge is 2.10. The van der Waals surface area contributed by atoms with Gasteiger partial charge in [-0.25, -0.2) is 0 Å². The molecule has 0 saturated heterocycles. The van der Waals surface area contributed by atoms with Gasteiger partial charge in [0.15, 0.2) is 0 Å². The van der Waals surface area contributed by atoms with Crippen LogP contribution < -0.4 is 10.1 Å². The summed E-state index contributed by atoms with van der Waals surface area (Å²) in [7, 11) is 1.58. The van der Waals surface area contributed by atoms with Gasteiger partial charge in [-0.3, -0.25) is 4.79 Å². The zero-order valence-corrected chi connectivity index (χ0v) is 13.7. The molecule has 0 aliphatic carbocycles. The second kappa shape index (κ2) is 8.04. The van der Waals surface area contributed by atoms with Crippen molar-refractivity contribution in [2.75, 3.05) is 7.11 Å². The number of amides is 1. The van der Waals surface area contributed by atoms with Crippen LogP contribution in [0.5, 0.6) is 11.5 Å². The minimum absolute atomic E-state index is 0.0601. The Balaban J connectivity index is 2.09. The maximum atomic E-state index is 12.1. The number of halogens is 1. The van der Waals surface area contributed by atoms with E-state index in [0.29, 0.717) is 10.6 Å². The van der Waals surface area contributed by atoms with Gasteiger partial charge in [-0.1, -0.05) is 23.7 Å². The lowest BCUT2D eigenvalue weighted by atomic mass is 10.1. The molecule has 122 valence electrons. The normalized spacial score (nSPS) is 10.8. The summed E-state index contributed by atoms with van der Waals surface area (Å²) in [6.45, 7) is 0.267. The lowest BCUT2D eigenvalue weighted by Crippen LogP contribution is -2.23. The third-order valence-corrected chi connectivity index (χ3v) is 3.50. The Morgan fingerprint density at radius 3 is 2.67 bits per heavy atom. The van der Waals surface area contributed by atoms with E-state index in [1.54, 1.807) is 19.2 Å². The molecule has 0 aliphatic rings. The van der Waals surface area contributed by atoms with Crippen LogP contribution in [0.3, 0.4) is 0 Å². The van der Waals surface area contributed by atoms with E-state index in [1.165, 1.54) is 24.3 Å². The van der Waals surface area contributed by atoms with Crippen LogP contribution in [-0.4, -0.2) is 18.1 Å². The van der Waals surface area contributed by atoms with E-state index >= 15 is 0 Å². The molecule has 2 aromatic rings. The van der Waals surface area contributed by atoms with Crippen molar-refractivity contribution in [1.29, 1.82) is 5.26 Å². The fourth-order valence-electron chi connectivity index (χ4n) is 1.97. The van der Waals surface area contributed by atoms with Crippen LogP contribution in [0.15, 0.2) is 48.0 Å². The minimum Gasteiger partial charge on any atom is -0.507 e. The van der Waals surface area contributed by atoms with Crippen molar-refractivity contribution in [3.63, 3.8) is 0 Å². The molecule has 0 heterocycles. The van der Waals surface area contributed by atoms with Crippen LogP contribution in [0, 0.1) is 11.3 Å². The fraction of sp³-hybridized carbons (Fsp3) is 0.111. The fourth-order valence-corrected chi connectivity index (χ4v) is 2.15. The van der Waals surface area contributed by atoms with Crippen molar-refractivity contribution in [1.82, 2.24) is 5.32 Å². The average Bonchev–Trinajstić information content (AvgIpc) is 2.60. The molecular formula is C18H15ClN2O3. The zero-order chi connectivity index (χ0) is 17.5. The highest BCUT2D eigenvalue weighted by molar-refractivity contribution is 6.30. The molecule has 0 spiro atoms. The van der Waals surface area contributed by atoms with Crippen molar-refractivity contribution in [3.8, 4) is 17.6 Å². The second-order valence-corrected chi connectivity index (χ2v) is 5.34. The predicted molar refractivity (Wildman–Crippen MR) is 91.5 cm³/mol. The summed E-state index contributed by atoms with van der Waals surface area (Å²) in [5.74, 6) is 0.127. The highest BCUT2D eigenvalue weighted by atomic mass is 35.5. The number of carbonyl (C=O) groups is 1. The van der Waals surface area contributed by atoms with E-state index in [2.05, 4.69) is 5.32 Å². The first-order valence-corrected chi connectivity index (χ1v) is 7.42. The standard InChI is InChI=1S/C18H15ClN2O3/c1-24-16-5-2-12(3-6-16)11-21-18(23)14(10-20)8-13-9-15(19)4-7-17(13)22/h2-9,22H,11H2,1H3,(H,21,23)/b14-8-. The second-order valence-electron chi connectivity index (χ2n) is 4.90. The van der Waals surface area contributed by atoms with Crippen molar-refractivity contribution < 1.29 is 14.6 Å². The number of methoxy groups -OCH3 is 1. The maximum Gasteiger partial charge on any atom is 0.262 e. The number of hydrogen-bond acceptors (Lipinski definition) is 4. The number of nitrogens with zero attached hydrogens (tertiary/aromatic N) is 1. The minimum atomic E-state index is -0.535. The molecule has 0 saturated carbocycles. The van der Waals surface area contributed by atoms with Gasteiger partial charge < -0.3 is 15.2 Å². The Kier molecular flexibility index (Phi) is 5.83. The number of ether oxygens (including phenoxy) is 1. The summed E-state index contributed by atoms with van der Waals surface area (Å²) in [4.78, 5) is 12.1. The Morgan fingerprint density at radius 1 is 1.33 bits per heavy atom. The topological polar surface area (TPSA) is 82.3 Å². The molecule has 0 radical (unpaired) electrons. The largest absolute Gasteiger partial charge is 0.507 e. The number of rotatable bonds is 5. The van der Waals surface area contributed by atoms with Gasteiger partial charge >= 0.3 is 0 Å². The zero-order valence-electron chi connectivity index (χ0n) is 12.9. The van der Waals surface area contributed by atoms with Gasteiger partial charge in [-0.05, 0) is 42.0 Å². The molecule has 24 heavy (non-hydrogen) atoms. The number of nitrogens with one attached hydrogen (secondary N) is 1. The smallest absolute Gasteiger partial charge is 0.262 e. The predicted octanol–water partition coefficient (Wildman–Crippen LogP) is 3.28. The molecule has 2 aromatic carbocycles. The Morgan fingerprint density at radius 2 is 2.04 bits per heavy atom. The quantitative estimate of drug-likeness (QED) is 0.645. The van der Waals surface area contributed by atoms with E-state index in [9.17, 15) is 15.2 Å². The van der Waals surface area contributed by atoms with Crippen molar-refractivity contribution in [2.45, 2.75) is 6.54 Å². The molecule has 0 atom stereocenters. The third-order valence-electron chi connectivity index (χ3n) is 3.27. The van der Waals surface area contributed by atoms with Crippen LogP contribution in [0.1, 0.15) is 11.1 Å². The summed E-state index contributed by atoms with van der Waals surface area (Å²) in [5, 5.41) is 22.0. The summed E-state index contributed by atoms with van der Waals surface area (Å²) < 4.78 is 5.06. The summed E-state index contributed by atoms with van der Waals surface area (Å²) in [5.41, 5.74) is 1.05. The highest BCUT2D eigenvalue weighted by Crippen LogP contribution is 2.23. The summed E-state index contributed by atoms with van der Waals surface area (Å²) in [6, 6.07) is 13.4. The molecule has 0 fully saturated rings. The first-order valence-electron chi connectivity index (χ1n) is 7.05. The lowest BCUT2D eigenvalue weighted by molar-refractivity contribution is -0.117. The average molecular weight is 343 g/mol. The molecule has 5 nitrogen and oxygen atoms in total. The number of phenols is 1. The lowest BCUT2D eigenvalue weighted by Gasteiger charge is -2.06. The monoisotopic (exact) mass is 342 g/mol. The summed E-state index contributed by atoms with van der Waals surface area (Å²) in [6.07, 6.45) is 1.30. The molecule has 6 heteroatoms. The first-order chi connectivity index (χ1) is 11.5. The number of nitriles is 1. The van der Waals surface area contributed by atoms with Gasteiger partial charge in [0.2, 0.25) is 0 Å². The van der Waals surface area contributed by atoms with E-state index < -0.39 is 5.91 Å². The van der Waals surface area contributed by atoms with Gasteiger partial charge in [0.1, 0.15) is 23.1 Å². The van der Waals surface area contributed by atoms with Gasteiger partial charge in [-0.2, -0.15) is 5.26 Å². The Bertz CT molecular complexity index is 808. The van der Waals surface area contributed by atoms with Gasteiger partial charge in [0.25, 0.3) is 5.91 Å². The van der Waals surface area contributed by atoms with Crippen LogP contribution in [-0.2, 0) is 11.3 Å². The van der Waals surface area contributed by atoms with E-state index in [4.69, 9.17) is 16.3 Å². The van der Waals surface area contributed by atoms with Crippen LogP contribution in [0.4, 0.5) is 0 Å². The Hall–Kier alpha value is -2.97.